The lowest BCUT2D eigenvalue weighted by Crippen LogP contribution is -2.58. The molecular formula is C52H69N5O8. The first-order valence-electron chi connectivity index (χ1n) is 22.7. The minimum Gasteiger partial charge on any atom is -0.467 e. The molecule has 3 aromatic carbocycles. The SMILES string of the molecule is C=CCN(C(=O)NCc1ccccc1)N(CC(=O)N[C@@H](CC1=CCC(C)(OCC(C)C)C=C1)C(=O)N(Cc1cccc2ccccc12)CC(OCC)OC1=CC[C@@H]1C)C(=O)OC(C)(C)C. The van der Waals surface area contributed by atoms with E-state index in [0.717, 1.165) is 49.7 Å². The highest BCUT2D eigenvalue weighted by Gasteiger charge is 2.36. The second-order valence-corrected chi connectivity index (χ2v) is 18.3. The quantitative estimate of drug-likeness (QED) is 0.0614. The zero-order chi connectivity index (χ0) is 47.1. The van der Waals surface area contributed by atoms with Gasteiger partial charge >= 0.3 is 12.1 Å². The number of ether oxygens (including phenoxy) is 4. The summed E-state index contributed by atoms with van der Waals surface area (Å²) in [5.41, 5.74) is 1.07. The first kappa shape index (κ1) is 50.1. The maximum absolute atomic E-state index is 15.4. The Morgan fingerprint density at radius 3 is 2.32 bits per heavy atom. The Bertz CT molecular complexity index is 2190. The Hall–Kier alpha value is -5.92. The maximum atomic E-state index is 15.4. The van der Waals surface area contributed by atoms with Crippen LogP contribution in [0.2, 0.25) is 0 Å². The minimum atomic E-state index is -1.13. The standard InChI is InChI=1S/C52H69N5O8/c1-10-30-56(49(60)53-32-40-18-13-12-14-19-40)57(50(61)65-51(6,7)8)34-46(58)54-44(31-39-26-28-52(9,29-27-39)63-36-37(3)4)48(59)55(35-47(62-11-2)64-45-25-24-38(45)5)33-42-22-17-21-41-20-15-16-23-43(41)42/h10,12-23,25-28,37-38,44,47H,1,11,24,29-36H2,2-9H3,(H,53,60)(H,54,58)/t38-,44-,47?,52?/m0/s1. The third-order valence-corrected chi connectivity index (χ3v) is 11.0. The van der Waals surface area contributed by atoms with Gasteiger partial charge in [-0.2, -0.15) is 0 Å². The molecule has 0 aromatic heterocycles. The predicted octanol–water partition coefficient (Wildman–Crippen LogP) is 9.21. The normalized spacial score (nSPS) is 17.8. The molecule has 2 unspecified atom stereocenters. The molecule has 0 aliphatic heterocycles. The number of carbonyl (C=O) groups is 4. The lowest BCUT2D eigenvalue weighted by molar-refractivity contribution is -0.155. The predicted molar refractivity (Wildman–Crippen MR) is 254 cm³/mol. The fraction of sp³-hybridized carbons (Fsp3) is 0.462. The largest absolute Gasteiger partial charge is 0.467 e. The number of rotatable bonds is 21. The van der Waals surface area contributed by atoms with Gasteiger partial charge in [-0.3, -0.25) is 9.59 Å². The van der Waals surface area contributed by atoms with E-state index in [2.05, 4.69) is 38.0 Å². The van der Waals surface area contributed by atoms with Crippen LogP contribution < -0.4 is 10.6 Å². The fourth-order valence-corrected chi connectivity index (χ4v) is 7.37. The monoisotopic (exact) mass is 892 g/mol. The van der Waals surface area contributed by atoms with Gasteiger partial charge in [0.1, 0.15) is 18.2 Å². The number of allylic oxidation sites excluding steroid dienone is 3. The van der Waals surface area contributed by atoms with Crippen molar-refractivity contribution in [2.75, 3.05) is 32.8 Å². The summed E-state index contributed by atoms with van der Waals surface area (Å²) in [6.07, 6.45) is 9.31. The van der Waals surface area contributed by atoms with Gasteiger partial charge in [0.25, 0.3) is 0 Å². The number of hydrazine groups is 1. The summed E-state index contributed by atoms with van der Waals surface area (Å²) >= 11 is 0. The molecule has 2 aliphatic carbocycles. The highest BCUT2D eigenvalue weighted by Crippen LogP contribution is 2.30. The van der Waals surface area contributed by atoms with E-state index in [0.29, 0.717) is 25.6 Å². The molecule has 13 nitrogen and oxygen atoms in total. The molecule has 3 aromatic rings. The number of hydrogen-bond donors (Lipinski definition) is 2. The third-order valence-electron chi connectivity index (χ3n) is 11.0. The van der Waals surface area contributed by atoms with Crippen molar-refractivity contribution in [1.29, 1.82) is 0 Å². The summed E-state index contributed by atoms with van der Waals surface area (Å²) < 4.78 is 24.5. The van der Waals surface area contributed by atoms with Crippen molar-refractivity contribution in [2.24, 2.45) is 11.8 Å². The zero-order valence-electron chi connectivity index (χ0n) is 39.5. The second-order valence-electron chi connectivity index (χ2n) is 18.3. The van der Waals surface area contributed by atoms with E-state index in [1.165, 1.54) is 6.08 Å². The van der Waals surface area contributed by atoms with Crippen LogP contribution in [0.25, 0.3) is 10.8 Å². The Kier molecular flexibility index (Phi) is 18.0. The second kappa shape index (κ2) is 23.3. The van der Waals surface area contributed by atoms with Gasteiger partial charge in [-0.25, -0.2) is 19.6 Å². The Morgan fingerprint density at radius 1 is 0.969 bits per heavy atom. The third kappa shape index (κ3) is 15.1. The Labute approximate surface area is 385 Å². The van der Waals surface area contributed by atoms with Crippen LogP contribution in [0.5, 0.6) is 0 Å². The lowest BCUT2D eigenvalue weighted by Gasteiger charge is -2.36. The van der Waals surface area contributed by atoms with Crippen molar-refractivity contribution in [2.45, 2.75) is 111 Å². The summed E-state index contributed by atoms with van der Waals surface area (Å²) in [7, 11) is 0. The number of nitrogens with zero attached hydrogens (tertiary/aromatic N) is 3. The van der Waals surface area contributed by atoms with Gasteiger partial charge in [-0.05, 0) is 86.9 Å². The van der Waals surface area contributed by atoms with Gasteiger partial charge in [0.05, 0.1) is 31.1 Å². The molecule has 2 N–H and O–H groups in total. The average Bonchev–Trinajstić information content (AvgIpc) is 3.27. The molecule has 0 bridgehead atoms. The van der Waals surface area contributed by atoms with Crippen LogP contribution in [0.15, 0.2) is 121 Å². The smallest absolute Gasteiger partial charge is 0.429 e. The number of fused-ring (bicyclic) bond motifs is 1. The van der Waals surface area contributed by atoms with Crippen LogP contribution in [-0.4, -0.2) is 95.2 Å². The first-order valence-corrected chi connectivity index (χ1v) is 22.7. The summed E-state index contributed by atoms with van der Waals surface area (Å²) in [5.74, 6) is 0.301. The average molecular weight is 892 g/mol. The van der Waals surface area contributed by atoms with E-state index in [1.54, 1.807) is 25.7 Å². The van der Waals surface area contributed by atoms with Crippen LogP contribution in [0.1, 0.15) is 85.8 Å². The van der Waals surface area contributed by atoms with Crippen molar-refractivity contribution >= 4 is 34.7 Å². The van der Waals surface area contributed by atoms with E-state index in [1.807, 2.05) is 111 Å². The van der Waals surface area contributed by atoms with Crippen molar-refractivity contribution in [3.8, 4) is 0 Å². The van der Waals surface area contributed by atoms with Crippen LogP contribution in [0, 0.1) is 11.8 Å². The first-order chi connectivity index (χ1) is 31.0. The van der Waals surface area contributed by atoms with Crippen LogP contribution in [0.3, 0.4) is 0 Å². The summed E-state index contributed by atoms with van der Waals surface area (Å²) in [4.78, 5) is 59.3. The number of carbonyl (C=O) groups excluding carboxylic acids is 4. The van der Waals surface area contributed by atoms with Crippen molar-refractivity contribution in [3.63, 3.8) is 0 Å². The van der Waals surface area contributed by atoms with E-state index >= 15 is 4.79 Å². The Balaban J connectivity index is 1.50. The van der Waals surface area contributed by atoms with Crippen LogP contribution in [-0.2, 0) is 41.6 Å². The van der Waals surface area contributed by atoms with Gasteiger partial charge in [0.2, 0.25) is 18.1 Å². The number of hydrogen-bond acceptors (Lipinski definition) is 8. The van der Waals surface area contributed by atoms with E-state index in [-0.39, 0.29) is 44.4 Å². The van der Waals surface area contributed by atoms with E-state index < -0.39 is 48.1 Å². The number of urea groups is 1. The molecule has 0 radical (unpaired) electrons. The Morgan fingerprint density at radius 2 is 1.69 bits per heavy atom. The van der Waals surface area contributed by atoms with Gasteiger partial charge in [0, 0.05) is 32.0 Å². The molecule has 13 heteroatoms. The lowest BCUT2D eigenvalue weighted by atomic mass is 9.90. The summed E-state index contributed by atoms with van der Waals surface area (Å²) in [6, 6.07) is 21.5. The van der Waals surface area contributed by atoms with E-state index in [4.69, 9.17) is 18.9 Å². The molecule has 350 valence electrons. The molecule has 4 atom stereocenters. The maximum Gasteiger partial charge on any atom is 0.429 e. The van der Waals surface area contributed by atoms with Crippen molar-refractivity contribution in [3.05, 3.63) is 132 Å². The van der Waals surface area contributed by atoms with Gasteiger partial charge < -0.3 is 34.5 Å². The molecule has 0 spiro atoms. The molecule has 0 heterocycles. The molecule has 5 rings (SSSR count). The molecule has 65 heavy (non-hydrogen) atoms. The number of amides is 5. The molecule has 5 amide bonds. The molecule has 2 aliphatic rings. The minimum absolute atomic E-state index is 0.0566. The van der Waals surface area contributed by atoms with Crippen LogP contribution >= 0.6 is 0 Å². The summed E-state index contributed by atoms with van der Waals surface area (Å²) in [5, 5.41) is 9.85. The van der Waals surface area contributed by atoms with Crippen LogP contribution in [0.4, 0.5) is 9.59 Å². The van der Waals surface area contributed by atoms with Gasteiger partial charge in [-0.1, -0.05) is 118 Å². The highest BCUT2D eigenvalue weighted by atomic mass is 16.7. The van der Waals surface area contributed by atoms with E-state index in [9.17, 15) is 14.4 Å². The van der Waals surface area contributed by atoms with Crippen molar-refractivity contribution < 1.29 is 38.1 Å². The molecule has 0 fully saturated rings. The number of benzene rings is 3. The topological polar surface area (TPSA) is 139 Å². The van der Waals surface area contributed by atoms with Crippen molar-refractivity contribution in [1.82, 2.24) is 25.6 Å². The van der Waals surface area contributed by atoms with Gasteiger partial charge in [-0.15, -0.1) is 6.58 Å². The molecule has 0 saturated carbocycles. The number of nitrogens with one attached hydrogen (secondary N) is 2. The fourth-order valence-electron chi connectivity index (χ4n) is 7.37. The highest BCUT2D eigenvalue weighted by molar-refractivity contribution is 5.91. The zero-order valence-corrected chi connectivity index (χ0v) is 39.5. The molecular weight excluding hydrogens is 823 g/mol. The molecule has 0 saturated heterocycles. The van der Waals surface area contributed by atoms with Gasteiger partial charge in [0.15, 0.2) is 0 Å². The summed E-state index contributed by atoms with van der Waals surface area (Å²) in [6.45, 7) is 19.6.